The molecular weight excluding hydrogens is 258 g/mol. The van der Waals surface area contributed by atoms with E-state index in [-0.39, 0.29) is 5.91 Å². The van der Waals surface area contributed by atoms with E-state index < -0.39 is 11.0 Å². The maximum absolute atomic E-state index is 12.3. The van der Waals surface area contributed by atoms with Gasteiger partial charge in [-0.1, -0.05) is 25.3 Å². The minimum absolute atomic E-state index is 0.00560. The largest absolute Gasteiger partial charge is 0.388 e. The molecule has 1 aromatic heterocycles. The Bertz CT molecular complexity index is 419. The Labute approximate surface area is 119 Å². The van der Waals surface area contributed by atoms with Gasteiger partial charge < -0.3 is 10.4 Å². The molecule has 3 nitrogen and oxygen atoms in total. The van der Waals surface area contributed by atoms with Crippen LogP contribution in [0.1, 0.15) is 50.8 Å². The van der Waals surface area contributed by atoms with Crippen LogP contribution in [-0.2, 0) is 10.2 Å². The van der Waals surface area contributed by atoms with Crippen LogP contribution in [0.15, 0.2) is 17.5 Å². The van der Waals surface area contributed by atoms with Crippen LogP contribution in [0.25, 0.3) is 0 Å². The molecule has 1 aliphatic carbocycles. The maximum Gasteiger partial charge on any atom is 0.231 e. The number of carbonyl (C=O) groups excluding carboxylic acids is 1. The fourth-order valence-corrected chi connectivity index (χ4v) is 3.45. The van der Waals surface area contributed by atoms with Crippen LogP contribution >= 0.6 is 11.3 Å². The highest BCUT2D eigenvalue weighted by atomic mass is 32.1. The van der Waals surface area contributed by atoms with E-state index in [2.05, 4.69) is 5.32 Å². The fourth-order valence-electron chi connectivity index (χ4n) is 2.60. The van der Waals surface area contributed by atoms with Gasteiger partial charge in [0.15, 0.2) is 0 Å². The second kappa shape index (κ2) is 5.63. The molecule has 0 aromatic carbocycles. The highest BCUT2D eigenvalue weighted by molar-refractivity contribution is 7.10. The lowest BCUT2D eigenvalue weighted by Crippen LogP contribution is -2.48. The minimum atomic E-state index is -0.695. The molecule has 2 rings (SSSR count). The van der Waals surface area contributed by atoms with Crippen molar-refractivity contribution >= 4 is 17.2 Å². The van der Waals surface area contributed by atoms with Crippen LogP contribution in [0.3, 0.4) is 0 Å². The predicted octanol–water partition coefficient (Wildman–Crippen LogP) is 2.84. The molecule has 19 heavy (non-hydrogen) atoms. The molecule has 2 N–H and O–H groups in total. The lowest BCUT2D eigenvalue weighted by Gasteiger charge is -2.33. The van der Waals surface area contributed by atoms with Crippen molar-refractivity contribution in [2.75, 3.05) is 6.54 Å². The highest BCUT2D eigenvalue weighted by Gasteiger charge is 2.34. The summed E-state index contributed by atoms with van der Waals surface area (Å²) in [6, 6.07) is 3.95. The monoisotopic (exact) mass is 281 g/mol. The molecule has 1 saturated carbocycles. The Morgan fingerprint density at radius 2 is 2.11 bits per heavy atom. The van der Waals surface area contributed by atoms with E-state index in [1.807, 2.05) is 31.4 Å². The van der Waals surface area contributed by atoms with Crippen LogP contribution < -0.4 is 5.32 Å². The summed E-state index contributed by atoms with van der Waals surface area (Å²) in [5.41, 5.74) is -1.22. The third-order valence-electron chi connectivity index (χ3n) is 4.07. The van der Waals surface area contributed by atoms with Gasteiger partial charge in [0.25, 0.3) is 0 Å². The summed E-state index contributed by atoms with van der Waals surface area (Å²) in [6.07, 6.45) is 4.90. The molecule has 106 valence electrons. The normalized spacial score (nSPS) is 19.1. The first-order chi connectivity index (χ1) is 8.94. The van der Waals surface area contributed by atoms with Gasteiger partial charge in [0.05, 0.1) is 11.0 Å². The van der Waals surface area contributed by atoms with Crippen molar-refractivity contribution in [3.8, 4) is 0 Å². The Morgan fingerprint density at radius 3 is 2.68 bits per heavy atom. The summed E-state index contributed by atoms with van der Waals surface area (Å²) in [4.78, 5) is 13.4. The van der Waals surface area contributed by atoms with Gasteiger partial charge in [-0.15, -0.1) is 11.3 Å². The molecule has 1 amide bonds. The van der Waals surface area contributed by atoms with E-state index in [4.69, 9.17) is 0 Å². The molecule has 0 saturated heterocycles. The van der Waals surface area contributed by atoms with E-state index in [0.29, 0.717) is 6.54 Å². The first-order valence-electron chi connectivity index (χ1n) is 6.99. The van der Waals surface area contributed by atoms with Crippen molar-refractivity contribution in [2.24, 2.45) is 0 Å². The van der Waals surface area contributed by atoms with Gasteiger partial charge in [-0.25, -0.2) is 0 Å². The number of hydrogen-bond acceptors (Lipinski definition) is 3. The Balaban J connectivity index is 1.94. The van der Waals surface area contributed by atoms with Gasteiger partial charge in [-0.05, 0) is 38.1 Å². The maximum atomic E-state index is 12.3. The van der Waals surface area contributed by atoms with E-state index in [1.165, 1.54) is 6.42 Å². The second-order valence-corrected chi connectivity index (χ2v) is 7.02. The lowest BCUT2D eigenvalue weighted by atomic mass is 9.84. The summed E-state index contributed by atoms with van der Waals surface area (Å²) < 4.78 is 0. The van der Waals surface area contributed by atoms with Crippen molar-refractivity contribution in [3.63, 3.8) is 0 Å². The third-order valence-corrected chi connectivity index (χ3v) is 5.26. The van der Waals surface area contributed by atoms with Crippen molar-refractivity contribution < 1.29 is 9.90 Å². The SMILES string of the molecule is CC(C)(C(=O)NCC1(O)CCCCC1)c1cccs1. The quantitative estimate of drug-likeness (QED) is 0.891. The van der Waals surface area contributed by atoms with Gasteiger partial charge >= 0.3 is 0 Å². The molecule has 0 atom stereocenters. The summed E-state index contributed by atoms with van der Waals surface area (Å²) in [7, 11) is 0. The third kappa shape index (κ3) is 3.37. The van der Waals surface area contributed by atoms with E-state index in [9.17, 15) is 9.90 Å². The van der Waals surface area contributed by atoms with Crippen LogP contribution in [0.4, 0.5) is 0 Å². The zero-order valence-corrected chi connectivity index (χ0v) is 12.6. The summed E-state index contributed by atoms with van der Waals surface area (Å²) >= 11 is 1.60. The first kappa shape index (κ1) is 14.5. The molecular formula is C15H23NO2S. The number of amides is 1. The molecule has 0 unspecified atom stereocenters. The zero-order valence-electron chi connectivity index (χ0n) is 11.7. The molecule has 0 bridgehead atoms. The van der Waals surface area contributed by atoms with Crippen molar-refractivity contribution in [2.45, 2.75) is 57.0 Å². The first-order valence-corrected chi connectivity index (χ1v) is 7.87. The van der Waals surface area contributed by atoms with E-state index >= 15 is 0 Å². The molecule has 0 radical (unpaired) electrons. The standard InChI is InChI=1S/C15H23NO2S/c1-14(2,12-7-6-10-19-12)13(17)16-11-15(18)8-4-3-5-9-15/h6-7,10,18H,3-5,8-9,11H2,1-2H3,(H,16,17). The van der Waals surface area contributed by atoms with E-state index in [0.717, 1.165) is 30.6 Å². The van der Waals surface area contributed by atoms with Crippen molar-refractivity contribution in [1.82, 2.24) is 5.32 Å². The van der Waals surface area contributed by atoms with Gasteiger partial charge in [0.1, 0.15) is 0 Å². The average Bonchev–Trinajstić information content (AvgIpc) is 2.91. The number of carbonyl (C=O) groups is 1. The summed E-state index contributed by atoms with van der Waals surface area (Å²) in [5, 5.41) is 15.3. The molecule has 1 aromatic rings. The van der Waals surface area contributed by atoms with Gasteiger partial charge in [0.2, 0.25) is 5.91 Å². The zero-order chi connectivity index (χ0) is 13.9. The number of nitrogens with one attached hydrogen (secondary N) is 1. The van der Waals surface area contributed by atoms with Crippen molar-refractivity contribution in [3.05, 3.63) is 22.4 Å². The minimum Gasteiger partial charge on any atom is -0.388 e. The van der Waals surface area contributed by atoms with Gasteiger partial charge in [0, 0.05) is 11.4 Å². The Hall–Kier alpha value is -0.870. The smallest absolute Gasteiger partial charge is 0.231 e. The topological polar surface area (TPSA) is 49.3 Å². The molecule has 1 aliphatic rings. The summed E-state index contributed by atoms with van der Waals surface area (Å²) in [6.45, 7) is 4.23. The average molecular weight is 281 g/mol. The van der Waals surface area contributed by atoms with Crippen LogP contribution in [0.2, 0.25) is 0 Å². The van der Waals surface area contributed by atoms with E-state index in [1.54, 1.807) is 11.3 Å². The number of hydrogen-bond donors (Lipinski definition) is 2. The van der Waals surface area contributed by atoms with Crippen molar-refractivity contribution in [1.29, 1.82) is 0 Å². The summed E-state index contributed by atoms with van der Waals surface area (Å²) in [5.74, 6) is -0.00560. The Morgan fingerprint density at radius 1 is 1.42 bits per heavy atom. The number of aliphatic hydroxyl groups is 1. The van der Waals surface area contributed by atoms with Gasteiger partial charge in [-0.3, -0.25) is 4.79 Å². The lowest BCUT2D eigenvalue weighted by molar-refractivity contribution is -0.127. The fraction of sp³-hybridized carbons (Fsp3) is 0.667. The Kier molecular flexibility index (Phi) is 4.31. The van der Waals surface area contributed by atoms with Crippen LogP contribution in [0, 0.1) is 0 Å². The van der Waals surface area contributed by atoms with Crippen LogP contribution in [-0.4, -0.2) is 23.2 Å². The molecule has 1 heterocycles. The predicted molar refractivity (Wildman–Crippen MR) is 78.4 cm³/mol. The number of rotatable bonds is 4. The second-order valence-electron chi connectivity index (χ2n) is 6.07. The highest BCUT2D eigenvalue weighted by Crippen LogP contribution is 2.30. The van der Waals surface area contributed by atoms with Crippen LogP contribution in [0.5, 0.6) is 0 Å². The number of thiophene rings is 1. The van der Waals surface area contributed by atoms with Gasteiger partial charge in [-0.2, -0.15) is 0 Å². The molecule has 4 heteroatoms. The molecule has 0 spiro atoms. The molecule has 0 aliphatic heterocycles. The molecule has 1 fully saturated rings.